The normalized spacial score (nSPS) is 12.6. The van der Waals surface area contributed by atoms with Crippen LogP contribution in [0.25, 0.3) is 0 Å². The quantitative estimate of drug-likeness (QED) is 0.602. The monoisotopic (exact) mass is 258 g/mol. The highest BCUT2D eigenvalue weighted by atomic mass is 16.5. The summed E-state index contributed by atoms with van der Waals surface area (Å²) < 4.78 is 5.82. The molecule has 0 bridgehead atoms. The van der Waals surface area contributed by atoms with Crippen LogP contribution >= 0.6 is 0 Å². The van der Waals surface area contributed by atoms with E-state index < -0.39 is 6.10 Å². The number of aldehydes is 1. The lowest BCUT2D eigenvalue weighted by Crippen LogP contribution is -2.19. The van der Waals surface area contributed by atoms with Gasteiger partial charge in [0.2, 0.25) is 0 Å². The predicted octanol–water partition coefficient (Wildman–Crippen LogP) is 3.34. The summed E-state index contributed by atoms with van der Waals surface area (Å²) in [4.78, 5) is 10.8. The van der Waals surface area contributed by atoms with Gasteiger partial charge in [-0.15, -0.1) is 0 Å². The van der Waals surface area contributed by atoms with Crippen molar-refractivity contribution < 1.29 is 14.6 Å². The topological polar surface area (TPSA) is 46.5 Å². The molecular weight excluding hydrogens is 240 g/mol. The Hall–Kier alpha value is -2.29. The van der Waals surface area contributed by atoms with Gasteiger partial charge in [0.05, 0.1) is 0 Å². The van der Waals surface area contributed by atoms with Crippen molar-refractivity contribution in [1.82, 2.24) is 0 Å². The summed E-state index contributed by atoms with van der Waals surface area (Å²) >= 11 is 0. The lowest BCUT2D eigenvalue weighted by atomic mass is 10.1. The Morgan fingerprint density at radius 3 is 2.74 bits per heavy atom. The number of rotatable bonds is 7. The smallest absolute Gasteiger partial charge is 0.130 e. The number of allylic oxidation sites excluding steroid dienone is 2. The number of aromatic hydroxyl groups is 1. The van der Waals surface area contributed by atoms with Crippen LogP contribution in [0.3, 0.4) is 0 Å². The SMILES string of the molecule is C=C/C=C(\C=C)C(CC=O)Oc1ccc(O)cc1C. The Balaban J connectivity index is 3.00. The zero-order chi connectivity index (χ0) is 14.3. The molecule has 0 fully saturated rings. The van der Waals surface area contributed by atoms with Gasteiger partial charge in [0.1, 0.15) is 23.9 Å². The molecule has 0 saturated heterocycles. The van der Waals surface area contributed by atoms with Gasteiger partial charge in [-0.1, -0.05) is 31.4 Å². The molecular formula is C16H18O3. The summed E-state index contributed by atoms with van der Waals surface area (Å²) in [6.07, 6.45) is 5.66. The van der Waals surface area contributed by atoms with E-state index in [-0.39, 0.29) is 12.2 Å². The average molecular weight is 258 g/mol. The highest BCUT2D eigenvalue weighted by Gasteiger charge is 2.14. The first-order chi connectivity index (χ1) is 9.12. The van der Waals surface area contributed by atoms with Gasteiger partial charge in [0, 0.05) is 6.42 Å². The van der Waals surface area contributed by atoms with Gasteiger partial charge < -0.3 is 14.6 Å². The first-order valence-electron chi connectivity index (χ1n) is 5.97. The van der Waals surface area contributed by atoms with E-state index in [0.717, 1.165) is 17.4 Å². The molecule has 0 aliphatic heterocycles. The number of phenols is 1. The maximum absolute atomic E-state index is 10.8. The molecule has 1 rings (SSSR count). The van der Waals surface area contributed by atoms with Gasteiger partial charge >= 0.3 is 0 Å². The van der Waals surface area contributed by atoms with Crippen LogP contribution in [-0.2, 0) is 4.79 Å². The Kier molecular flexibility index (Phi) is 5.61. The average Bonchev–Trinajstić information content (AvgIpc) is 2.38. The van der Waals surface area contributed by atoms with E-state index in [2.05, 4.69) is 13.2 Å². The molecule has 1 unspecified atom stereocenters. The number of aryl methyl sites for hydroxylation is 1. The molecule has 1 aromatic rings. The Bertz CT molecular complexity index is 501. The number of phenolic OH excluding ortho intramolecular Hbond substituents is 1. The van der Waals surface area contributed by atoms with Crippen molar-refractivity contribution in [2.24, 2.45) is 0 Å². The van der Waals surface area contributed by atoms with Crippen LogP contribution in [0, 0.1) is 6.92 Å². The van der Waals surface area contributed by atoms with Crippen molar-refractivity contribution in [1.29, 1.82) is 0 Å². The summed E-state index contributed by atoms with van der Waals surface area (Å²) in [5.41, 5.74) is 1.59. The molecule has 1 aromatic carbocycles. The number of carbonyl (C=O) groups excluding carboxylic acids is 1. The second-order valence-corrected chi connectivity index (χ2v) is 4.07. The number of ether oxygens (including phenoxy) is 1. The fraction of sp³-hybridized carbons (Fsp3) is 0.188. The van der Waals surface area contributed by atoms with Crippen molar-refractivity contribution in [3.05, 3.63) is 60.7 Å². The minimum Gasteiger partial charge on any atom is -0.508 e. The Morgan fingerprint density at radius 1 is 1.47 bits per heavy atom. The highest BCUT2D eigenvalue weighted by molar-refractivity contribution is 5.53. The zero-order valence-electron chi connectivity index (χ0n) is 11.0. The van der Waals surface area contributed by atoms with Crippen molar-refractivity contribution >= 4 is 6.29 Å². The number of hydrogen-bond donors (Lipinski definition) is 1. The summed E-state index contributed by atoms with van der Waals surface area (Å²) in [7, 11) is 0. The Morgan fingerprint density at radius 2 is 2.21 bits per heavy atom. The molecule has 0 radical (unpaired) electrons. The van der Waals surface area contributed by atoms with Gasteiger partial charge in [0.25, 0.3) is 0 Å². The number of hydrogen-bond acceptors (Lipinski definition) is 3. The first-order valence-corrected chi connectivity index (χ1v) is 5.97. The molecule has 3 heteroatoms. The largest absolute Gasteiger partial charge is 0.508 e. The van der Waals surface area contributed by atoms with Crippen LogP contribution in [0.15, 0.2) is 55.2 Å². The van der Waals surface area contributed by atoms with Crippen molar-refractivity contribution in [3.63, 3.8) is 0 Å². The number of benzene rings is 1. The van der Waals surface area contributed by atoms with Crippen LogP contribution in [0.2, 0.25) is 0 Å². The zero-order valence-corrected chi connectivity index (χ0v) is 11.0. The first kappa shape index (κ1) is 14.8. The molecule has 1 atom stereocenters. The van der Waals surface area contributed by atoms with Crippen LogP contribution < -0.4 is 4.74 Å². The molecule has 1 N–H and O–H groups in total. The fourth-order valence-corrected chi connectivity index (χ4v) is 1.70. The summed E-state index contributed by atoms with van der Waals surface area (Å²) in [6.45, 7) is 9.17. The van der Waals surface area contributed by atoms with Crippen molar-refractivity contribution in [2.75, 3.05) is 0 Å². The third kappa shape index (κ3) is 4.14. The van der Waals surface area contributed by atoms with Gasteiger partial charge in [-0.2, -0.15) is 0 Å². The predicted molar refractivity (Wildman–Crippen MR) is 76.4 cm³/mol. The van der Waals surface area contributed by atoms with Gasteiger partial charge in [-0.3, -0.25) is 0 Å². The molecule has 3 nitrogen and oxygen atoms in total. The van der Waals surface area contributed by atoms with Crippen molar-refractivity contribution in [2.45, 2.75) is 19.4 Å². The van der Waals surface area contributed by atoms with Crippen LogP contribution in [0.5, 0.6) is 11.5 Å². The third-order valence-corrected chi connectivity index (χ3v) is 2.66. The minimum atomic E-state index is -0.406. The molecule has 19 heavy (non-hydrogen) atoms. The molecule has 0 heterocycles. The Labute approximate surface area is 113 Å². The van der Waals surface area contributed by atoms with E-state index in [9.17, 15) is 9.90 Å². The molecule has 100 valence electrons. The molecule has 0 aliphatic rings. The highest BCUT2D eigenvalue weighted by Crippen LogP contribution is 2.25. The van der Waals surface area contributed by atoms with Gasteiger partial charge in [-0.05, 0) is 36.3 Å². The van der Waals surface area contributed by atoms with E-state index in [1.54, 1.807) is 36.4 Å². The van der Waals surface area contributed by atoms with E-state index in [4.69, 9.17) is 4.74 Å². The second-order valence-electron chi connectivity index (χ2n) is 4.07. The summed E-state index contributed by atoms with van der Waals surface area (Å²) in [6, 6.07) is 4.83. The number of carbonyl (C=O) groups is 1. The van der Waals surface area contributed by atoms with Crippen LogP contribution in [0.1, 0.15) is 12.0 Å². The van der Waals surface area contributed by atoms with Gasteiger partial charge in [-0.25, -0.2) is 0 Å². The third-order valence-electron chi connectivity index (χ3n) is 2.66. The van der Waals surface area contributed by atoms with E-state index in [1.807, 2.05) is 6.92 Å². The van der Waals surface area contributed by atoms with Crippen LogP contribution in [-0.4, -0.2) is 17.5 Å². The summed E-state index contributed by atoms with van der Waals surface area (Å²) in [5.74, 6) is 0.809. The van der Waals surface area contributed by atoms with Gasteiger partial charge in [0.15, 0.2) is 0 Å². The van der Waals surface area contributed by atoms with Crippen LogP contribution in [0.4, 0.5) is 0 Å². The maximum atomic E-state index is 10.8. The molecule has 0 aliphatic carbocycles. The lowest BCUT2D eigenvalue weighted by molar-refractivity contribution is -0.108. The summed E-state index contributed by atoms with van der Waals surface area (Å²) in [5, 5.41) is 9.36. The molecule has 0 aromatic heterocycles. The van der Waals surface area contributed by atoms with E-state index in [1.165, 1.54) is 0 Å². The van der Waals surface area contributed by atoms with Crippen molar-refractivity contribution in [3.8, 4) is 11.5 Å². The lowest BCUT2D eigenvalue weighted by Gasteiger charge is -2.19. The molecule has 0 amide bonds. The van der Waals surface area contributed by atoms with E-state index >= 15 is 0 Å². The van der Waals surface area contributed by atoms with E-state index in [0.29, 0.717) is 5.75 Å². The standard InChI is InChI=1S/C16H18O3/c1-4-6-13(5-2)16(9-10-17)19-15-8-7-14(18)11-12(15)3/h4-8,10-11,16,18H,1-2,9H2,3H3/b13-6+. The maximum Gasteiger partial charge on any atom is 0.130 e. The fourth-order valence-electron chi connectivity index (χ4n) is 1.70. The molecule has 0 saturated carbocycles. The second kappa shape index (κ2) is 7.21. The minimum absolute atomic E-state index is 0.183. The molecule has 0 spiro atoms.